The lowest BCUT2D eigenvalue weighted by molar-refractivity contribution is -0.121. The topological polar surface area (TPSA) is 34.0 Å². The smallest absolute Gasteiger partial charge is 0.240 e. The number of hydrogen-bond acceptors (Lipinski definition) is 2. The molecule has 4 heteroatoms. The second-order valence-corrected chi connectivity index (χ2v) is 6.44. The average Bonchev–Trinajstić information content (AvgIpc) is 3.02. The molecule has 21 heavy (non-hydrogen) atoms. The normalized spacial score (nSPS) is 14.5. The number of fused-ring (bicyclic) bond motifs is 1. The van der Waals surface area contributed by atoms with Crippen LogP contribution in [0.1, 0.15) is 12.8 Å². The molecule has 4 rings (SSSR count). The van der Waals surface area contributed by atoms with Crippen LogP contribution in [0, 0.1) is 0 Å². The minimum absolute atomic E-state index is 0.108. The number of amides is 1. The van der Waals surface area contributed by atoms with Gasteiger partial charge in [0.2, 0.25) is 5.91 Å². The molecule has 1 aliphatic rings. The SMILES string of the molecule is O=C(Cn1c(-c2cccs2)cc2ccccc21)NC1CC1. The molecular formula is C17H16N2OS. The van der Waals surface area contributed by atoms with E-state index in [1.807, 2.05) is 18.2 Å². The van der Waals surface area contributed by atoms with E-state index >= 15 is 0 Å². The molecule has 1 fully saturated rings. The fourth-order valence-electron chi connectivity index (χ4n) is 2.65. The highest BCUT2D eigenvalue weighted by Crippen LogP contribution is 2.31. The highest BCUT2D eigenvalue weighted by Gasteiger charge is 2.24. The summed E-state index contributed by atoms with van der Waals surface area (Å²) < 4.78 is 2.12. The molecule has 1 N–H and O–H groups in total. The predicted octanol–water partition coefficient (Wildman–Crippen LogP) is 3.65. The molecular weight excluding hydrogens is 280 g/mol. The molecule has 1 aromatic carbocycles. The number of para-hydroxylation sites is 1. The van der Waals surface area contributed by atoms with Gasteiger partial charge in [-0.05, 0) is 36.4 Å². The van der Waals surface area contributed by atoms with Crippen LogP contribution in [-0.2, 0) is 11.3 Å². The molecule has 1 aliphatic carbocycles. The number of benzene rings is 1. The molecule has 2 heterocycles. The zero-order valence-electron chi connectivity index (χ0n) is 11.6. The summed E-state index contributed by atoms with van der Waals surface area (Å²) >= 11 is 1.71. The standard InChI is InChI=1S/C17H16N2OS/c20-17(18-13-7-8-13)11-19-14-5-2-1-4-12(14)10-15(19)16-6-3-9-21-16/h1-6,9-10,13H,7-8,11H2,(H,18,20). The van der Waals surface area contributed by atoms with Crippen molar-refractivity contribution in [1.29, 1.82) is 0 Å². The van der Waals surface area contributed by atoms with Gasteiger partial charge in [-0.15, -0.1) is 11.3 Å². The molecule has 2 aromatic heterocycles. The molecule has 0 atom stereocenters. The van der Waals surface area contributed by atoms with Crippen LogP contribution in [-0.4, -0.2) is 16.5 Å². The van der Waals surface area contributed by atoms with Crippen molar-refractivity contribution < 1.29 is 4.79 Å². The van der Waals surface area contributed by atoms with Gasteiger partial charge >= 0.3 is 0 Å². The summed E-state index contributed by atoms with van der Waals surface area (Å²) in [5.74, 6) is 0.108. The molecule has 0 saturated heterocycles. The minimum Gasteiger partial charge on any atom is -0.352 e. The Bertz CT molecular complexity index is 784. The van der Waals surface area contributed by atoms with E-state index in [0.717, 1.165) is 24.1 Å². The molecule has 0 radical (unpaired) electrons. The van der Waals surface area contributed by atoms with E-state index in [1.165, 1.54) is 10.3 Å². The van der Waals surface area contributed by atoms with Crippen molar-refractivity contribution in [2.24, 2.45) is 0 Å². The van der Waals surface area contributed by atoms with Crippen molar-refractivity contribution in [3.05, 3.63) is 47.8 Å². The van der Waals surface area contributed by atoms with E-state index < -0.39 is 0 Å². The van der Waals surface area contributed by atoms with Gasteiger partial charge < -0.3 is 9.88 Å². The van der Waals surface area contributed by atoms with E-state index in [1.54, 1.807) is 11.3 Å². The van der Waals surface area contributed by atoms with Crippen LogP contribution in [0.15, 0.2) is 47.8 Å². The minimum atomic E-state index is 0.108. The third kappa shape index (κ3) is 2.47. The van der Waals surface area contributed by atoms with Crippen LogP contribution in [0.3, 0.4) is 0 Å². The Balaban J connectivity index is 1.76. The Morgan fingerprint density at radius 1 is 1.24 bits per heavy atom. The monoisotopic (exact) mass is 296 g/mol. The number of nitrogens with one attached hydrogen (secondary N) is 1. The Labute approximate surface area is 127 Å². The summed E-state index contributed by atoms with van der Waals surface area (Å²) in [6.07, 6.45) is 2.24. The number of thiophene rings is 1. The highest BCUT2D eigenvalue weighted by molar-refractivity contribution is 7.13. The molecule has 0 bridgehead atoms. The number of carbonyl (C=O) groups is 1. The second-order valence-electron chi connectivity index (χ2n) is 5.49. The molecule has 0 unspecified atom stereocenters. The van der Waals surface area contributed by atoms with E-state index in [4.69, 9.17) is 0 Å². The first-order valence-corrected chi connectivity index (χ1v) is 8.11. The molecule has 106 valence electrons. The number of carbonyl (C=O) groups excluding carboxylic acids is 1. The molecule has 1 saturated carbocycles. The Morgan fingerprint density at radius 2 is 2.10 bits per heavy atom. The number of hydrogen-bond donors (Lipinski definition) is 1. The van der Waals surface area contributed by atoms with Gasteiger partial charge in [0.05, 0.1) is 10.6 Å². The van der Waals surface area contributed by atoms with Crippen molar-refractivity contribution in [2.75, 3.05) is 0 Å². The third-order valence-electron chi connectivity index (χ3n) is 3.83. The van der Waals surface area contributed by atoms with Crippen LogP contribution in [0.5, 0.6) is 0 Å². The summed E-state index contributed by atoms with van der Waals surface area (Å²) in [4.78, 5) is 13.4. The summed E-state index contributed by atoms with van der Waals surface area (Å²) in [5.41, 5.74) is 2.24. The third-order valence-corrected chi connectivity index (χ3v) is 4.72. The quantitative estimate of drug-likeness (QED) is 0.783. The molecule has 0 spiro atoms. The lowest BCUT2D eigenvalue weighted by Crippen LogP contribution is -2.29. The highest BCUT2D eigenvalue weighted by atomic mass is 32.1. The molecule has 3 nitrogen and oxygen atoms in total. The van der Waals surface area contributed by atoms with Crippen molar-refractivity contribution >= 4 is 28.1 Å². The van der Waals surface area contributed by atoms with E-state index in [-0.39, 0.29) is 5.91 Å². The Hall–Kier alpha value is -2.07. The first-order valence-electron chi connectivity index (χ1n) is 7.23. The van der Waals surface area contributed by atoms with Gasteiger partial charge in [-0.3, -0.25) is 4.79 Å². The largest absolute Gasteiger partial charge is 0.352 e. The van der Waals surface area contributed by atoms with E-state index in [0.29, 0.717) is 12.6 Å². The second kappa shape index (κ2) is 5.04. The fourth-order valence-corrected chi connectivity index (χ4v) is 3.40. The molecule has 0 aliphatic heterocycles. The lowest BCUT2D eigenvalue weighted by atomic mass is 10.2. The van der Waals surface area contributed by atoms with Crippen LogP contribution in [0.2, 0.25) is 0 Å². The summed E-state index contributed by atoms with van der Waals surface area (Å²) in [6, 6.07) is 15.0. The van der Waals surface area contributed by atoms with Crippen molar-refractivity contribution in [3.63, 3.8) is 0 Å². The predicted molar refractivity (Wildman–Crippen MR) is 86.4 cm³/mol. The molecule has 1 amide bonds. The summed E-state index contributed by atoms with van der Waals surface area (Å²) in [5, 5.41) is 6.32. The van der Waals surface area contributed by atoms with Crippen LogP contribution in [0.25, 0.3) is 21.5 Å². The van der Waals surface area contributed by atoms with Crippen molar-refractivity contribution in [2.45, 2.75) is 25.4 Å². The average molecular weight is 296 g/mol. The van der Waals surface area contributed by atoms with Crippen molar-refractivity contribution in [1.82, 2.24) is 9.88 Å². The van der Waals surface area contributed by atoms with Crippen molar-refractivity contribution in [3.8, 4) is 10.6 Å². The van der Waals surface area contributed by atoms with Gasteiger partial charge in [0.15, 0.2) is 0 Å². The molecule has 3 aromatic rings. The van der Waals surface area contributed by atoms with Gasteiger partial charge in [0.25, 0.3) is 0 Å². The van der Waals surface area contributed by atoms with Gasteiger partial charge in [-0.1, -0.05) is 24.3 Å². The summed E-state index contributed by atoms with van der Waals surface area (Å²) in [6.45, 7) is 0.386. The fraction of sp³-hybridized carbons (Fsp3) is 0.235. The maximum atomic E-state index is 12.2. The Kier molecular flexibility index (Phi) is 3.04. The maximum Gasteiger partial charge on any atom is 0.240 e. The Morgan fingerprint density at radius 3 is 2.86 bits per heavy atom. The maximum absolute atomic E-state index is 12.2. The van der Waals surface area contributed by atoms with E-state index in [9.17, 15) is 4.79 Å². The number of nitrogens with zero attached hydrogens (tertiary/aromatic N) is 1. The van der Waals surface area contributed by atoms with Gasteiger partial charge in [0.1, 0.15) is 6.54 Å². The van der Waals surface area contributed by atoms with Gasteiger partial charge in [-0.25, -0.2) is 0 Å². The summed E-state index contributed by atoms with van der Waals surface area (Å²) in [7, 11) is 0. The van der Waals surface area contributed by atoms with Crippen LogP contribution < -0.4 is 5.32 Å². The van der Waals surface area contributed by atoms with Crippen LogP contribution in [0.4, 0.5) is 0 Å². The van der Waals surface area contributed by atoms with Crippen LogP contribution >= 0.6 is 11.3 Å². The number of rotatable bonds is 4. The zero-order valence-corrected chi connectivity index (χ0v) is 12.4. The first kappa shape index (κ1) is 12.7. The van der Waals surface area contributed by atoms with Gasteiger partial charge in [0, 0.05) is 16.9 Å². The first-order chi connectivity index (χ1) is 10.3. The number of aromatic nitrogens is 1. The zero-order chi connectivity index (χ0) is 14.2. The lowest BCUT2D eigenvalue weighted by Gasteiger charge is -2.10. The van der Waals surface area contributed by atoms with Gasteiger partial charge in [-0.2, -0.15) is 0 Å². The van der Waals surface area contributed by atoms with E-state index in [2.05, 4.69) is 39.5 Å².